The summed E-state index contributed by atoms with van der Waals surface area (Å²) in [5.74, 6) is -0.252. The minimum Gasteiger partial charge on any atom is -0.481 e. The first-order valence-electron chi connectivity index (χ1n) is 3.74. The van der Waals surface area contributed by atoms with Crippen LogP contribution in [0, 0.1) is 0 Å². The van der Waals surface area contributed by atoms with E-state index in [9.17, 15) is 17.2 Å². The summed E-state index contributed by atoms with van der Waals surface area (Å²) in [6.07, 6.45) is -2.94. The molecule has 1 heterocycles. The van der Waals surface area contributed by atoms with Crippen molar-refractivity contribution in [2.45, 2.75) is 11.3 Å². The number of methoxy groups -OCH3 is 1. The number of hydrogen-bond donors (Lipinski definition) is 0. The van der Waals surface area contributed by atoms with E-state index in [2.05, 4.69) is 25.7 Å². The number of ether oxygens (including phenoxy) is 1. The van der Waals surface area contributed by atoms with Crippen LogP contribution in [0.3, 0.4) is 0 Å². The Labute approximate surface area is 103 Å². The number of nitrogens with zero attached hydrogens (tertiary/aromatic N) is 1. The Hall–Kier alpha value is -0.470. The lowest BCUT2D eigenvalue weighted by Crippen LogP contribution is -2.02. The van der Waals surface area contributed by atoms with Crippen LogP contribution in [0.4, 0.5) is 8.78 Å². The van der Waals surface area contributed by atoms with Crippen molar-refractivity contribution in [2.24, 2.45) is 0 Å². The molecule has 90 valence electrons. The molecule has 0 radical (unpaired) electrons. The molecular weight excluding hydrogens is 332 g/mol. The van der Waals surface area contributed by atoms with E-state index < -0.39 is 26.1 Å². The largest absolute Gasteiger partial charge is 0.481 e. The van der Waals surface area contributed by atoms with Gasteiger partial charge in [0.25, 0.3) is 15.5 Å². The smallest absolute Gasteiger partial charge is 0.281 e. The third-order valence-electron chi connectivity index (χ3n) is 1.60. The lowest BCUT2D eigenvalue weighted by molar-refractivity contribution is 0.143. The van der Waals surface area contributed by atoms with E-state index in [-0.39, 0.29) is 10.4 Å². The van der Waals surface area contributed by atoms with Crippen molar-refractivity contribution in [3.05, 3.63) is 16.2 Å². The fourth-order valence-electron chi connectivity index (χ4n) is 0.928. The van der Waals surface area contributed by atoms with Gasteiger partial charge in [-0.1, -0.05) is 0 Å². The molecular formula is C7H5BrClF2NO3S. The molecule has 0 aliphatic carbocycles. The first-order valence-corrected chi connectivity index (χ1v) is 6.85. The number of hydrogen-bond acceptors (Lipinski definition) is 4. The van der Waals surface area contributed by atoms with Gasteiger partial charge in [-0.05, 0) is 15.9 Å². The van der Waals surface area contributed by atoms with E-state index in [0.717, 1.165) is 6.07 Å². The maximum atomic E-state index is 12.5. The van der Waals surface area contributed by atoms with Gasteiger partial charge < -0.3 is 4.74 Å². The second kappa shape index (κ2) is 4.80. The number of halogens is 4. The van der Waals surface area contributed by atoms with Gasteiger partial charge in [0.1, 0.15) is 10.6 Å². The molecule has 1 aromatic rings. The molecule has 0 aromatic carbocycles. The molecule has 0 saturated heterocycles. The number of aromatic nitrogens is 1. The molecule has 0 atom stereocenters. The topological polar surface area (TPSA) is 56.3 Å². The standard InChI is InChI=1S/C7H5BrClF2NO3S/c1-15-4-2-3(16(9,13)14)5(8)6(12-4)7(10)11/h2,7H,1H3. The average molecular weight is 337 g/mol. The van der Waals surface area contributed by atoms with Crippen molar-refractivity contribution in [3.8, 4) is 5.88 Å². The van der Waals surface area contributed by atoms with Crippen LogP contribution in [0.25, 0.3) is 0 Å². The second-order valence-corrected chi connectivity index (χ2v) is 5.93. The lowest BCUT2D eigenvalue weighted by Gasteiger charge is -2.08. The van der Waals surface area contributed by atoms with Gasteiger partial charge in [-0.2, -0.15) is 0 Å². The highest BCUT2D eigenvalue weighted by Gasteiger charge is 2.24. The van der Waals surface area contributed by atoms with Crippen LogP contribution in [0.5, 0.6) is 5.88 Å². The van der Waals surface area contributed by atoms with Gasteiger partial charge >= 0.3 is 0 Å². The first-order chi connectivity index (χ1) is 7.27. The van der Waals surface area contributed by atoms with Crippen LogP contribution in [-0.4, -0.2) is 20.5 Å². The molecule has 0 N–H and O–H groups in total. The monoisotopic (exact) mass is 335 g/mol. The van der Waals surface area contributed by atoms with Gasteiger partial charge in [0.15, 0.2) is 0 Å². The molecule has 0 bridgehead atoms. The van der Waals surface area contributed by atoms with E-state index in [4.69, 9.17) is 10.7 Å². The minimum atomic E-state index is -4.15. The predicted octanol–water partition coefficient (Wildman–Crippen LogP) is 2.72. The zero-order valence-electron chi connectivity index (χ0n) is 7.75. The zero-order valence-corrected chi connectivity index (χ0v) is 10.9. The Morgan fingerprint density at radius 1 is 1.56 bits per heavy atom. The Balaban J connectivity index is 3.56. The molecule has 0 aliphatic heterocycles. The van der Waals surface area contributed by atoms with E-state index in [0.29, 0.717) is 0 Å². The fraction of sp³-hybridized carbons (Fsp3) is 0.286. The molecule has 0 saturated carbocycles. The Kier molecular flexibility index (Phi) is 4.08. The third kappa shape index (κ3) is 2.80. The van der Waals surface area contributed by atoms with Gasteiger partial charge in [0, 0.05) is 16.7 Å². The van der Waals surface area contributed by atoms with Crippen molar-refractivity contribution in [3.63, 3.8) is 0 Å². The molecule has 0 spiro atoms. The summed E-state index contributed by atoms with van der Waals surface area (Å²) in [6.45, 7) is 0. The molecule has 1 rings (SSSR count). The van der Waals surface area contributed by atoms with Crippen LogP contribution in [-0.2, 0) is 9.05 Å². The number of pyridine rings is 1. The minimum absolute atomic E-state index is 0.252. The van der Waals surface area contributed by atoms with Crippen LogP contribution in [0.1, 0.15) is 12.1 Å². The Morgan fingerprint density at radius 3 is 2.50 bits per heavy atom. The summed E-state index contributed by atoms with van der Waals surface area (Å²) in [5, 5.41) is 0. The van der Waals surface area contributed by atoms with Gasteiger partial charge in [-0.25, -0.2) is 22.2 Å². The normalized spacial score (nSPS) is 11.9. The van der Waals surface area contributed by atoms with Crippen molar-refractivity contribution in [2.75, 3.05) is 7.11 Å². The summed E-state index contributed by atoms with van der Waals surface area (Å²) in [5.41, 5.74) is -0.737. The number of alkyl halides is 2. The molecule has 0 unspecified atom stereocenters. The SMILES string of the molecule is COc1cc(S(=O)(=O)Cl)c(Br)c(C(F)F)n1. The lowest BCUT2D eigenvalue weighted by atomic mass is 10.3. The summed E-state index contributed by atoms with van der Waals surface area (Å²) < 4.78 is 51.5. The Morgan fingerprint density at radius 2 is 2.12 bits per heavy atom. The highest BCUT2D eigenvalue weighted by atomic mass is 79.9. The molecule has 9 heteroatoms. The van der Waals surface area contributed by atoms with Gasteiger partial charge in [0.2, 0.25) is 5.88 Å². The fourth-order valence-corrected chi connectivity index (χ4v) is 3.15. The first kappa shape index (κ1) is 13.6. The maximum Gasteiger partial charge on any atom is 0.281 e. The van der Waals surface area contributed by atoms with Crippen LogP contribution < -0.4 is 4.74 Å². The van der Waals surface area contributed by atoms with E-state index >= 15 is 0 Å². The van der Waals surface area contributed by atoms with Crippen molar-refractivity contribution in [1.29, 1.82) is 0 Å². The van der Waals surface area contributed by atoms with Crippen LogP contribution in [0.15, 0.2) is 15.4 Å². The average Bonchev–Trinajstić information content (AvgIpc) is 2.15. The van der Waals surface area contributed by atoms with Gasteiger partial charge in [0.05, 0.1) is 11.6 Å². The van der Waals surface area contributed by atoms with E-state index in [1.807, 2.05) is 0 Å². The predicted molar refractivity (Wildman–Crippen MR) is 56.5 cm³/mol. The van der Waals surface area contributed by atoms with Crippen molar-refractivity contribution >= 4 is 35.7 Å². The second-order valence-electron chi connectivity index (χ2n) is 2.60. The number of rotatable bonds is 3. The van der Waals surface area contributed by atoms with Crippen molar-refractivity contribution < 1.29 is 21.9 Å². The third-order valence-corrected chi connectivity index (χ3v) is 4.05. The van der Waals surface area contributed by atoms with Crippen LogP contribution in [0.2, 0.25) is 0 Å². The quantitative estimate of drug-likeness (QED) is 0.796. The molecule has 4 nitrogen and oxygen atoms in total. The van der Waals surface area contributed by atoms with E-state index in [1.54, 1.807) is 0 Å². The molecule has 0 amide bonds. The molecule has 0 fully saturated rings. The van der Waals surface area contributed by atoms with E-state index in [1.165, 1.54) is 7.11 Å². The van der Waals surface area contributed by atoms with Crippen LogP contribution >= 0.6 is 26.6 Å². The summed E-state index contributed by atoms with van der Waals surface area (Å²) in [7, 11) is 2.11. The van der Waals surface area contributed by atoms with Gasteiger partial charge in [-0.3, -0.25) is 0 Å². The van der Waals surface area contributed by atoms with Gasteiger partial charge in [-0.15, -0.1) is 0 Å². The summed E-state index contributed by atoms with van der Waals surface area (Å²) in [4.78, 5) is 2.92. The summed E-state index contributed by atoms with van der Waals surface area (Å²) in [6, 6.07) is 0.957. The van der Waals surface area contributed by atoms with Crippen molar-refractivity contribution in [1.82, 2.24) is 4.98 Å². The maximum absolute atomic E-state index is 12.5. The molecule has 16 heavy (non-hydrogen) atoms. The Bertz CT molecular complexity index is 509. The molecule has 1 aromatic heterocycles. The summed E-state index contributed by atoms with van der Waals surface area (Å²) >= 11 is 2.72. The highest BCUT2D eigenvalue weighted by Crippen LogP contribution is 2.35. The highest BCUT2D eigenvalue weighted by molar-refractivity contribution is 9.10. The molecule has 0 aliphatic rings. The zero-order chi connectivity index (χ0) is 12.5.